The van der Waals surface area contributed by atoms with Gasteiger partial charge in [-0.15, -0.1) is 0 Å². The highest BCUT2D eigenvalue weighted by Crippen LogP contribution is 2.27. The molecule has 0 spiro atoms. The summed E-state index contributed by atoms with van der Waals surface area (Å²) in [6, 6.07) is 4.53. The van der Waals surface area contributed by atoms with Crippen molar-refractivity contribution in [2.45, 2.75) is 25.8 Å². The van der Waals surface area contributed by atoms with Gasteiger partial charge in [0.2, 0.25) is 5.91 Å². The van der Waals surface area contributed by atoms with Crippen molar-refractivity contribution >= 4 is 11.9 Å². The lowest BCUT2D eigenvalue weighted by Gasteiger charge is -2.11. The number of benzene rings is 1. The summed E-state index contributed by atoms with van der Waals surface area (Å²) >= 11 is 0. The number of carbonyl (C=O) groups excluding carboxylic acids is 1. The monoisotopic (exact) mass is 281 g/mol. The van der Waals surface area contributed by atoms with Crippen molar-refractivity contribution in [3.63, 3.8) is 0 Å². The molecule has 1 aromatic rings. The Kier molecular flexibility index (Phi) is 5.83. The Bertz CT molecular complexity index is 486. The highest BCUT2D eigenvalue weighted by Gasteiger charge is 2.14. The molecule has 0 aliphatic carbocycles. The molecule has 0 saturated carbocycles. The van der Waals surface area contributed by atoms with Gasteiger partial charge < -0.3 is 19.9 Å². The van der Waals surface area contributed by atoms with Gasteiger partial charge in [-0.2, -0.15) is 0 Å². The highest BCUT2D eigenvalue weighted by atomic mass is 16.5. The number of carboxylic acid groups (broad SMARTS) is 1. The lowest BCUT2D eigenvalue weighted by Crippen LogP contribution is -2.38. The van der Waals surface area contributed by atoms with E-state index in [0.717, 1.165) is 5.56 Å². The molecular weight excluding hydrogens is 262 g/mol. The Hall–Kier alpha value is -2.24. The third kappa shape index (κ3) is 4.46. The van der Waals surface area contributed by atoms with Crippen molar-refractivity contribution in [2.75, 3.05) is 14.2 Å². The SMILES string of the molecule is COc1ccc(CCC(=O)N[C@@H](C)C(=O)O)cc1OC. The first kappa shape index (κ1) is 15.8. The molecule has 1 amide bonds. The summed E-state index contributed by atoms with van der Waals surface area (Å²) in [5.41, 5.74) is 0.917. The van der Waals surface area contributed by atoms with Crippen LogP contribution in [0.4, 0.5) is 0 Å². The van der Waals surface area contributed by atoms with E-state index in [9.17, 15) is 9.59 Å². The van der Waals surface area contributed by atoms with Crippen molar-refractivity contribution in [1.29, 1.82) is 0 Å². The molecule has 0 aliphatic heterocycles. The molecule has 0 bridgehead atoms. The number of methoxy groups -OCH3 is 2. The van der Waals surface area contributed by atoms with Gasteiger partial charge in [-0.25, -0.2) is 0 Å². The molecule has 2 N–H and O–H groups in total. The lowest BCUT2D eigenvalue weighted by atomic mass is 10.1. The normalized spacial score (nSPS) is 11.6. The van der Waals surface area contributed by atoms with Gasteiger partial charge in [0.15, 0.2) is 11.5 Å². The molecule has 0 radical (unpaired) electrons. The summed E-state index contributed by atoms with van der Waals surface area (Å²) in [4.78, 5) is 22.2. The maximum Gasteiger partial charge on any atom is 0.325 e. The van der Waals surface area contributed by atoms with Gasteiger partial charge in [-0.05, 0) is 31.0 Å². The van der Waals surface area contributed by atoms with E-state index in [-0.39, 0.29) is 12.3 Å². The third-order valence-electron chi connectivity index (χ3n) is 2.84. The smallest absolute Gasteiger partial charge is 0.325 e. The Balaban J connectivity index is 2.57. The third-order valence-corrected chi connectivity index (χ3v) is 2.84. The van der Waals surface area contributed by atoms with Crippen LogP contribution in [0.2, 0.25) is 0 Å². The molecule has 0 fully saturated rings. The Morgan fingerprint density at radius 2 is 1.90 bits per heavy atom. The molecule has 1 rings (SSSR count). The Morgan fingerprint density at radius 3 is 2.45 bits per heavy atom. The number of aliphatic carboxylic acids is 1. The number of aryl methyl sites for hydroxylation is 1. The van der Waals surface area contributed by atoms with Crippen LogP contribution in [0.5, 0.6) is 11.5 Å². The summed E-state index contributed by atoms with van der Waals surface area (Å²) in [5.74, 6) is -0.122. The number of hydrogen-bond acceptors (Lipinski definition) is 4. The number of rotatable bonds is 7. The van der Waals surface area contributed by atoms with Crippen molar-refractivity contribution in [3.8, 4) is 11.5 Å². The van der Waals surface area contributed by atoms with Gasteiger partial charge in [0, 0.05) is 6.42 Å². The predicted molar refractivity (Wildman–Crippen MR) is 73.1 cm³/mol. The topological polar surface area (TPSA) is 84.9 Å². The number of ether oxygens (including phenoxy) is 2. The zero-order chi connectivity index (χ0) is 15.1. The van der Waals surface area contributed by atoms with Crippen molar-refractivity contribution in [3.05, 3.63) is 23.8 Å². The predicted octanol–water partition coefficient (Wildman–Crippen LogP) is 1.23. The van der Waals surface area contributed by atoms with Crippen LogP contribution in [0.3, 0.4) is 0 Å². The van der Waals surface area contributed by atoms with Gasteiger partial charge in [0.1, 0.15) is 6.04 Å². The average Bonchev–Trinajstić information content (AvgIpc) is 2.44. The molecule has 20 heavy (non-hydrogen) atoms. The van der Waals surface area contributed by atoms with E-state index in [2.05, 4.69) is 5.32 Å². The van der Waals surface area contributed by atoms with Crippen LogP contribution >= 0.6 is 0 Å². The van der Waals surface area contributed by atoms with E-state index in [1.807, 2.05) is 6.07 Å². The first-order valence-corrected chi connectivity index (χ1v) is 6.21. The molecule has 1 atom stereocenters. The average molecular weight is 281 g/mol. The van der Waals surface area contributed by atoms with Crippen LogP contribution in [-0.4, -0.2) is 37.2 Å². The second-order valence-electron chi connectivity index (χ2n) is 4.32. The molecule has 0 aromatic heterocycles. The van der Waals surface area contributed by atoms with E-state index in [0.29, 0.717) is 17.9 Å². The van der Waals surface area contributed by atoms with Crippen LogP contribution in [-0.2, 0) is 16.0 Å². The number of carbonyl (C=O) groups is 2. The molecule has 1 aromatic carbocycles. The fraction of sp³-hybridized carbons (Fsp3) is 0.429. The summed E-state index contributed by atoms with van der Waals surface area (Å²) < 4.78 is 10.3. The number of amides is 1. The summed E-state index contributed by atoms with van der Waals surface area (Å²) in [7, 11) is 3.10. The number of carboxylic acids is 1. The maximum atomic E-state index is 11.6. The molecule has 110 valence electrons. The Labute approximate surface area is 117 Å². The standard InChI is InChI=1S/C14H19NO5/c1-9(14(17)18)15-13(16)7-5-10-4-6-11(19-2)12(8-10)20-3/h4,6,8-9H,5,7H2,1-3H3,(H,15,16)(H,17,18)/t9-/m0/s1. The minimum atomic E-state index is -1.05. The number of nitrogens with one attached hydrogen (secondary N) is 1. The minimum absolute atomic E-state index is 0.215. The van der Waals surface area contributed by atoms with E-state index >= 15 is 0 Å². The highest BCUT2D eigenvalue weighted by molar-refractivity contribution is 5.83. The molecule has 0 saturated heterocycles. The van der Waals surface area contributed by atoms with Gasteiger partial charge in [0.25, 0.3) is 0 Å². The minimum Gasteiger partial charge on any atom is -0.493 e. The van der Waals surface area contributed by atoms with Crippen LogP contribution in [0.25, 0.3) is 0 Å². The number of hydrogen-bond donors (Lipinski definition) is 2. The lowest BCUT2D eigenvalue weighted by molar-refractivity contribution is -0.141. The Morgan fingerprint density at radius 1 is 1.25 bits per heavy atom. The van der Waals surface area contributed by atoms with Crippen molar-refractivity contribution in [2.24, 2.45) is 0 Å². The quantitative estimate of drug-likeness (QED) is 0.785. The van der Waals surface area contributed by atoms with E-state index < -0.39 is 12.0 Å². The summed E-state index contributed by atoms with van der Waals surface area (Å²) in [6.07, 6.45) is 0.714. The van der Waals surface area contributed by atoms with Crippen LogP contribution in [0.15, 0.2) is 18.2 Å². The van der Waals surface area contributed by atoms with Crippen molar-refractivity contribution in [1.82, 2.24) is 5.32 Å². The van der Waals surface area contributed by atoms with E-state index in [4.69, 9.17) is 14.6 Å². The molecule has 0 unspecified atom stereocenters. The zero-order valence-corrected chi connectivity index (χ0v) is 11.8. The fourth-order valence-electron chi connectivity index (χ4n) is 1.67. The van der Waals surface area contributed by atoms with Gasteiger partial charge in [0.05, 0.1) is 14.2 Å². The second-order valence-corrected chi connectivity index (χ2v) is 4.32. The largest absolute Gasteiger partial charge is 0.493 e. The van der Waals surface area contributed by atoms with Crippen molar-refractivity contribution < 1.29 is 24.2 Å². The van der Waals surface area contributed by atoms with Gasteiger partial charge >= 0.3 is 5.97 Å². The molecule has 0 aliphatic rings. The van der Waals surface area contributed by atoms with Gasteiger partial charge in [-0.3, -0.25) is 9.59 Å². The zero-order valence-electron chi connectivity index (χ0n) is 11.8. The van der Waals surface area contributed by atoms with Crippen LogP contribution in [0, 0.1) is 0 Å². The summed E-state index contributed by atoms with van der Waals surface area (Å²) in [5, 5.41) is 11.1. The van der Waals surface area contributed by atoms with E-state index in [1.165, 1.54) is 6.92 Å². The van der Waals surface area contributed by atoms with Crippen LogP contribution in [0.1, 0.15) is 18.9 Å². The van der Waals surface area contributed by atoms with E-state index in [1.54, 1.807) is 26.4 Å². The van der Waals surface area contributed by atoms with Gasteiger partial charge in [-0.1, -0.05) is 6.07 Å². The molecule has 6 nitrogen and oxygen atoms in total. The molecule has 6 heteroatoms. The first-order chi connectivity index (χ1) is 9.47. The maximum absolute atomic E-state index is 11.6. The summed E-state index contributed by atoms with van der Waals surface area (Å²) in [6.45, 7) is 1.43. The van der Waals surface area contributed by atoms with Crippen LogP contribution < -0.4 is 14.8 Å². The second kappa shape index (κ2) is 7.37. The first-order valence-electron chi connectivity index (χ1n) is 6.21. The molecular formula is C14H19NO5. The molecule has 0 heterocycles. The fourth-order valence-corrected chi connectivity index (χ4v) is 1.67.